The van der Waals surface area contributed by atoms with E-state index in [1.807, 2.05) is 0 Å². The fourth-order valence-corrected chi connectivity index (χ4v) is 10.2. The van der Waals surface area contributed by atoms with E-state index in [-0.39, 0.29) is 84.6 Å². The summed E-state index contributed by atoms with van der Waals surface area (Å²) in [7, 11) is -17.1. The van der Waals surface area contributed by atoms with E-state index in [2.05, 4.69) is 46.0 Å². The molecule has 0 aliphatic rings. The van der Waals surface area contributed by atoms with Crippen molar-refractivity contribution in [2.45, 2.75) is 33.4 Å². The van der Waals surface area contributed by atoms with Gasteiger partial charge in [0.05, 0.1) is 14.2 Å². The van der Waals surface area contributed by atoms with Crippen LogP contribution in [0, 0.1) is 13.8 Å². The minimum atomic E-state index is -5.06. The molecule has 0 aliphatic carbocycles. The Morgan fingerprint density at radius 1 is 0.473 bits per heavy atom. The molecular weight excluding hydrogens is 1050 g/mol. The molecule has 8 N–H and O–H groups in total. The van der Waals surface area contributed by atoms with Gasteiger partial charge in [-0.3, -0.25) is 18.2 Å². The van der Waals surface area contributed by atoms with Crippen molar-refractivity contribution in [3.63, 3.8) is 0 Å². The van der Waals surface area contributed by atoms with Gasteiger partial charge in [-0.2, -0.15) is 48.6 Å². The molecule has 25 nitrogen and oxygen atoms in total. The van der Waals surface area contributed by atoms with Gasteiger partial charge >= 0.3 is 0 Å². The number of nitrogens with one attached hydrogen (secondary N) is 2. The molecule has 0 atom stereocenters. The van der Waals surface area contributed by atoms with Crippen LogP contribution in [0.1, 0.15) is 11.1 Å². The highest BCUT2D eigenvalue weighted by atomic mass is 32.2. The number of nitrogens with zero attached hydrogens (tertiary/aromatic N) is 7. The lowest BCUT2D eigenvalue weighted by Crippen LogP contribution is -2.06. The molecule has 0 radical (unpaired) electrons. The van der Waals surface area contributed by atoms with Gasteiger partial charge in [0.15, 0.2) is 17.3 Å². The van der Waals surface area contributed by atoms with Crippen molar-refractivity contribution in [3.8, 4) is 34.4 Å². The number of benzene rings is 7. The summed E-state index contributed by atoms with van der Waals surface area (Å²) in [6.45, 7) is 2.69. The first kappa shape index (κ1) is 52.0. The average molecular weight is 1090 g/mol. The van der Waals surface area contributed by atoms with Crippen LogP contribution in [-0.4, -0.2) is 91.3 Å². The predicted molar refractivity (Wildman–Crippen MR) is 266 cm³/mol. The molecule has 7 aromatic carbocycles. The summed E-state index contributed by atoms with van der Waals surface area (Å²) in [6, 6.07) is 23.6. The molecule has 0 aliphatic heterocycles. The molecule has 0 amide bonds. The Morgan fingerprint density at radius 2 is 0.865 bits per heavy atom. The maximum atomic E-state index is 12.6. The molecule has 0 bridgehead atoms. The molecule has 1 heterocycles. The van der Waals surface area contributed by atoms with E-state index in [0.717, 1.165) is 24.3 Å². The van der Waals surface area contributed by atoms with Gasteiger partial charge in [0.2, 0.25) is 11.9 Å². The van der Waals surface area contributed by atoms with Crippen molar-refractivity contribution in [2.75, 3.05) is 24.9 Å². The third-order valence-corrected chi connectivity index (χ3v) is 14.6. The quantitative estimate of drug-likeness (QED) is 0.0350. The lowest BCUT2D eigenvalue weighted by molar-refractivity contribution is 0.413. The Balaban J connectivity index is 1.18. The Labute approximate surface area is 420 Å². The zero-order valence-electron chi connectivity index (χ0n) is 38.3. The summed E-state index contributed by atoms with van der Waals surface area (Å²) >= 11 is 0. The second-order valence-corrected chi connectivity index (χ2v) is 21.4. The maximum Gasteiger partial charge on any atom is 0.296 e. The van der Waals surface area contributed by atoms with Crippen LogP contribution in [0.15, 0.2) is 143 Å². The van der Waals surface area contributed by atoms with Crippen molar-refractivity contribution in [1.29, 1.82) is 0 Å². The zero-order valence-corrected chi connectivity index (χ0v) is 41.6. The fourth-order valence-electron chi connectivity index (χ4n) is 7.44. The number of phenolic OH excluding ortho intramolecular Hbond substituents is 2. The maximum absolute atomic E-state index is 12.6. The number of hydrogen-bond donors (Lipinski definition) is 8. The molecule has 0 fully saturated rings. The first-order chi connectivity index (χ1) is 34.7. The highest BCUT2D eigenvalue weighted by molar-refractivity contribution is 7.86. The second-order valence-electron chi connectivity index (χ2n) is 15.8. The number of phenols is 2. The van der Waals surface area contributed by atoms with Gasteiger partial charge in [0.25, 0.3) is 40.5 Å². The molecule has 74 heavy (non-hydrogen) atoms. The number of azo groups is 2. The topological polar surface area (TPSA) is 389 Å². The summed E-state index contributed by atoms with van der Waals surface area (Å²) in [5.41, 5.74) is -0.658. The van der Waals surface area contributed by atoms with Crippen LogP contribution in [0.2, 0.25) is 0 Å². The van der Waals surface area contributed by atoms with E-state index in [1.165, 1.54) is 76.6 Å². The molecule has 0 saturated heterocycles. The highest BCUT2D eigenvalue weighted by Gasteiger charge is 2.26. The lowest BCUT2D eigenvalue weighted by atomic mass is 10.1. The summed E-state index contributed by atoms with van der Waals surface area (Å²) in [4.78, 5) is 11.0. The SMILES string of the molecule is COc1cc(S(=O)(=O)O)c(C)cc1N=Nc1c(S(=O)(=O)O)cc2ccc(Nc3nc(Nc4ccc5cc(S(=O)(=O)O)c(N=Nc6cc(C)c(S(=O)(=O)O)cc6OC)c(O)c5c4)nc(-c4ccccc4)n3)cc2c1O. The Hall–Kier alpha value is -8.29. The number of methoxy groups -OCH3 is 2. The van der Waals surface area contributed by atoms with Crippen molar-refractivity contribution in [1.82, 2.24) is 15.0 Å². The van der Waals surface area contributed by atoms with Crippen LogP contribution >= 0.6 is 0 Å². The van der Waals surface area contributed by atoms with Gasteiger partial charge in [-0.25, -0.2) is 0 Å². The van der Waals surface area contributed by atoms with Crippen molar-refractivity contribution < 1.29 is 71.6 Å². The molecule has 0 unspecified atom stereocenters. The Morgan fingerprint density at radius 3 is 1.23 bits per heavy atom. The van der Waals surface area contributed by atoms with Crippen molar-refractivity contribution in [3.05, 3.63) is 114 Å². The summed E-state index contributed by atoms with van der Waals surface area (Å²) in [5.74, 6) is -1.92. The minimum absolute atomic E-state index is 0.00626. The first-order valence-electron chi connectivity index (χ1n) is 20.8. The predicted octanol–water partition coefficient (Wildman–Crippen LogP) is 9.20. The van der Waals surface area contributed by atoms with Gasteiger partial charge in [0, 0.05) is 39.8 Å². The van der Waals surface area contributed by atoms with Crippen LogP contribution in [0.25, 0.3) is 32.9 Å². The molecule has 1 aromatic heterocycles. The third-order valence-electron chi connectivity index (χ3n) is 10.9. The summed E-state index contributed by atoms with van der Waals surface area (Å²) < 4.78 is 148. The number of fused-ring (bicyclic) bond motifs is 2. The van der Waals surface area contributed by atoms with Crippen LogP contribution in [0.5, 0.6) is 23.0 Å². The van der Waals surface area contributed by atoms with E-state index in [1.54, 1.807) is 30.3 Å². The molecule has 382 valence electrons. The van der Waals surface area contributed by atoms with Gasteiger partial charge in [-0.05, 0) is 84.3 Å². The normalized spacial score (nSPS) is 12.5. The molecule has 8 rings (SSSR count). The summed E-state index contributed by atoms with van der Waals surface area (Å²) in [5, 5.41) is 45.2. The third kappa shape index (κ3) is 10.9. The molecule has 0 saturated carbocycles. The van der Waals surface area contributed by atoms with E-state index in [0.29, 0.717) is 5.56 Å². The number of anilines is 4. The number of aryl methyl sites for hydroxylation is 2. The van der Waals surface area contributed by atoms with Crippen LogP contribution < -0.4 is 20.1 Å². The van der Waals surface area contributed by atoms with Gasteiger partial charge < -0.3 is 30.3 Å². The van der Waals surface area contributed by atoms with E-state index >= 15 is 0 Å². The zero-order chi connectivity index (χ0) is 53.7. The standard InChI is InChI=1S/C45H37N9O16S4/c1-22-14-31(33(69-3)20-35(22)71(57,58)59)51-53-39-37(73(63,64)65)16-25-10-12-27(18-29(25)41(39)55)46-44-48-43(24-8-6-5-7-9-24)49-45(50-44)47-28-13-11-26-17-38(74(66,67)68)40(42(56)30(26)19-28)54-52-32-15-23(2)36(72(60,61)62)21-34(32)70-4/h5-21,55-56H,1-4H3,(H,57,58,59)(H,60,61,62)(H,63,64,65)(H,66,67,68)(H2,46,47,48,49,50). The molecule has 29 heteroatoms. The number of aromatic nitrogens is 3. The fraction of sp³-hybridized carbons (Fsp3) is 0.0889. The van der Waals surface area contributed by atoms with E-state index in [4.69, 9.17) is 9.47 Å². The number of hydrogen-bond acceptors (Lipinski definition) is 21. The number of rotatable bonds is 15. The van der Waals surface area contributed by atoms with E-state index < -0.39 is 82.9 Å². The van der Waals surface area contributed by atoms with Crippen LogP contribution in [0.3, 0.4) is 0 Å². The van der Waals surface area contributed by atoms with Gasteiger partial charge in [0.1, 0.15) is 53.8 Å². The summed E-state index contributed by atoms with van der Waals surface area (Å²) in [6.07, 6.45) is 0. The highest BCUT2D eigenvalue weighted by Crippen LogP contribution is 2.45. The average Bonchev–Trinajstić information content (AvgIpc) is 3.32. The smallest absolute Gasteiger partial charge is 0.296 e. The van der Waals surface area contributed by atoms with Crippen LogP contribution in [-0.2, 0) is 40.5 Å². The molecule has 0 spiro atoms. The lowest BCUT2D eigenvalue weighted by Gasteiger charge is -2.14. The van der Waals surface area contributed by atoms with Crippen molar-refractivity contribution >= 4 is 108 Å². The van der Waals surface area contributed by atoms with E-state index in [9.17, 15) is 62.1 Å². The molecule has 8 aromatic rings. The van der Waals surface area contributed by atoms with Crippen LogP contribution in [0.4, 0.5) is 46.0 Å². The number of aromatic hydroxyl groups is 2. The van der Waals surface area contributed by atoms with Gasteiger partial charge in [-0.1, -0.05) is 42.5 Å². The Kier molecular flexibility index (Phi) is 13.8. The molecular formula is C45H37N9O16S4. The first-order valence-corrected chi connectivity index (χ1v) is 26.5. The minimum Gasteiger partial charge on any atom is -0.505 e. The Bertz CT molecular complexity index is 3920. The monoisotopic (exact) mass is 1090 g/mol. The van der Waals surface area contributed by atoms with Gasteiger partial charge in [-0.15, -0.1) is 20.5 Å². The second kappa shape index (κ2) is 19.6. The largest absolute Gasteiger partial charge is 0.505 e. The van der Waals surface area contributed by atoms with Crippen molar-refractivity contribution in [2.24, 2.45) is 20.5 Å². The number of ether oxygens (including phenoxy) is 2.